The number of anilines is 5. The van der Waals surface area contributed by atoms with Crippen LogP contribution in [0.4, 0.5) is 28.8 Å². The fourth-order valence-corrected chi connectivity index (χ4v) is 4.05. The summed E-state index contributed by atoms with van der Waals surface area (Å²) in [5, 5.41) is 11.7. The molecule has 0 atom stereocenters. The zero-order valence-electron chi connectivity index (χ0n) is 18.0. The largest absolute Gasteiger partial charge is 0.375 e. The Morgan fingerprint density at radius 2 is 1.84 bits per heavy atom. The van der Waals surface area contributed by atoms with Crippen molar-refractivity contribution in [2.24, 2.45) is 5.14 Å². The maximum atomic E-state index is 11.7. The van der Waals surface area contributed by atoms with Crippen molar-refractivity contribution in [1.82, 2.24) is 9.97 Å². The van der Waals surface area contributed by atoms with Gasteiger partial charge in [0.05, 0.1) is 23.8 Å². The Labute approximate surface area is 187 Å². The third-order valence-corrected chi connectivity index (χ3v) is 6.04. The summed E-state index contributed by atoms with van der Waals surface area (Å²) in [7, 11) is -1.74. The van der Waals surface area contributed by atoms with Gasteiger partial charge in [0.15, 0.2) is 0 Å². The van der Waals surface area contributed by atoms with Gasteiger partial charge in [-0.2, -0.15) is 4.98 Å². The summed E-state index contributed by atoms with van der Waals surface area (Å²) in [6, 6.07) is 14.3. The number of benzene rings is 2. The number of aromatic nitrogens is 2. The van der Waals surface area contributed by atoms with E-state index in [4.69, 9.17) is 9.88 Å². The van der Waals surface area contributed by atoms with Crippen molar-refractivity contribution >= 4 is 38.9 Å². The van der Waals surface area contributed by atoms with Crippen LogP contribution in [0.25, 0.3) is 0 Å². The lowest BCUT2D eigenvalue weighted by Gasteiger charge is -2.18. The Morgan fingerprint density at radius 3 is 2.56 bits per heavy atom. The second kappa shape index (κ2) is 9.11. The molecule has 0 radical (unpaired) electrons. The minimum absolute atomic E-state index is 0.0240. The quantitative estimate of drug-likeness (QED) is 0.473. The van der Waals surface area contributed by atoms with Crippen LogP contribution in [0.2, 0.25) is 0 Å². The lowest BCUT2D eigenvalue weighted by atomic mass is 10.2. The number of hydrogen-bond acceptors (Lipinski definition) is 8. The average Bonchev–Trinajstić information content (AvgIpc) is 3.23. The number of nitrogens with zero attached hydrogens (tertiary/aromatic N) is 3. The maximum Gasteiger partial charge on any atom is 0.238 e. The highest BCUT2D eigenvalue weighted by Crippen LogP contribution is 2.30. The molecule has 0 fully saturated rings. The van der Waals surface area contributed by atoms with E-state index in [1.807, 2.05) is 24.3 Å². The Kier molecular flexibility index (Phi) is 6.26. The molecule has 1 aliphatic heterocycles. The van der Waals surface area contributed by atoms with Crippen molar-refractivity contribution in [2.45, 2.75) is 31.5 Å². The second-order valence-electron chi connectivity index (χ2n) is 7.61. The minimum atomic E-state index is -3.80. The lowest BCUT2D eigenvalue weighted by molar-refractivity contribution is 0.133. The van der Waals surface area contributed by atoms with Crippen LogP contribution in [0.1, 0.15) is 24.6 Å². The van der Waals surface area contributed by atoms with Gasteiger partial charge in [-0.15, -0.1) is 0 Å². The molecule has 1 aliphatic rings. The number of nitrogens with two attached hydrogens (primary N) is 1. The number of nitrogens with one attached hydrogen (secondary N) is 2. The molecule has 4 N–H and O–H groups in total. The minimum Gasteiger partial charge on any atom is -0.375 e. The molecule has 9 nitrogen and oxygen atoms in total. The Morgan fingerprint density at radius 1 is 1.06 bits per heavy atom. The Balaban J connectivity index is 1.59. The van der Waals surface area contributed by atoms with E-state index in [1.165, 1.54) is 12.1 Å². The molecular weight excluding hydrogens is 428 g/mol. The van der Waals surface area contributed by atoms with Gasteiger partial charge in [-0.05, 0) is 48.9 Å². The molecule has 0 amide bonds. The van der Waals surface area contributed by atoms with Gasteiger partial charge in [0.25, 0.3) is 0 Å². The van der Waals surface area contributed by atoms with Crippen LogP contribution in [-0.4, -0.2) is 32.0 Å². The number of hydrogen-bond donors (Lipinski definition) is 3. The van der Waals surface area contributed by atoms with Gasteiger partial charge in [-0.1, -0.05) is 13.0 Å². The molecule has 2 aromatic carbocycles. The van der Waals surface area contributed by atoms with Crippen LogP contribution in [-0.2, 0) is 28.0 Å². The van der Waals surface area contributed by atoms with E-state index < -0.39 is 10.0 Å². The van der Waals surface area contributed by atoms with E-state index in [1.54, 1.807) is 12.1 Å². The fourth-order valence-electron chi connectivity index (χ4n) is 3.49. The van der Waals surface area contributed by atoms with Crippen molar-refractivity contribution in [3.05, 3.63) is 59.8 Å². The van der Waals surface area contributed by atoms with Crippen LogP contribution in [0.3, 0.4) is 0 Å². The molecule has 32 heavy (non-hydrogen) atoms. The fraction of sp³-hybridized carbons (Fsp3) is 0.273. The van der Waals surface area contributed by atoms with Crippen LogP contribution >= 0.6 is 0 Å². The van der Waals surface area contributed by atoms with E-state index in [9.17, 15) is 8.42 Å². The van der Waals surface area contributed by atoms with Crippen LogP contribution in [0.15, 0.2) is 53.4 Å². The number of ether oxygens (including phenoxy) is 1. The Hall–Kier alpha value is -3.21. The molecule has 0 saturated heterocycles. The van der Waals surface area contributed by atoms with Gasteiger partial charge in [0.1, 0.15) is 5.82 Å². The summed E-state index contributed by atoms with van der Waals surface area (Å²) in [4.78, 5) is 11.4. The summed E-state index contributed by atoms with van der Waals surface area (Å²) in [5.74, 6) is 0.981. The summed E-state index contributed by atoms with van der Waals surface area (Å²) in [6.07, 6.45) is 1.08. The van der Waals surface area contributed by atoms with Gasteiger partial charge < -0.3 is 20.3 Å². The zero-order chi connectivity index (χ0) is 22.7. The first kappa shape index (κ1) is 22.0. The Bertz CT molecular complexity index is 1210. The van der Waals surface area contributed by atoms with E-state index in [-0.39, 0.29) is 4.90 Å². The number of sulfonamides is 1. The maximum absolute atomic E-state index is 11.7. The second-order valence-corrected chi connectivity index (χ2v) is 9.17. The van der Waals surface area contributed by atoms with Gasteiger partial charge in [0, 0.05) is 36.2 Å². The van der Waals surface area contributed by atoms with Crippen molar-refractivity contribution in [3.8, 4) is 0 Å². The van der Waals surface area contributed by atoms with E-state index >= 15 is 0 Å². The van der Waals surface area contributed by atoms with Crippen molar-refractivity contribution in [2.75, 3.05) is 29.1 Å². The molecule has 0 aliphatic carbocycles. The third kappa shape index (κ3) is 4.98. The summed E-state index contributed by atoms with van der Waals surface area (Å²) in [6.45, 7) is 3.91. The molecule has 0 saturated carbocycles. The first-order chi connectivity index (χ1) is 15.3. The topological polar surface area (TPSA) is 122 Å². The lowest BCUT2D eigenvalue weighted by Crippen LogP contribution is -2.17. The first-order valence-electron chi connectivity index (χ1n) is 10.3. The van der Waals surface area contributed by atoms with E-state index in [0.717, 1.165) is 35.6 Å². The number of primary sulfonamides is 1. The molecule has 0 unspecified atom stereocenters. The predicted molar refractivity (Wildman–Crippen MR) is 125 cm³/mol. The molecule has 2 heterocycles. The molecule has 1 aromatic heterocycles. The summed E-state index contributed by atoms with van der Waals surface area (Å²) >= 11 is 0. The highest BCUT2D eigenvalue weighted by Gasteiger charge is 2.21. The van der Waals surface area contributed by atoms with Crippen molar-refractivity contribution in [3.63, 3.8) is 0 Å². The van der Waals surface area contributed by atoms with Gasteiger partial charge >= 0.3 is 0 Å². The molecule has 3 aromatic rings. The van der Waals surface area contributed by atoms with Gasteiger partial charge in [-0.25, -0.2) is 18.5 Å². The van der Waals surface area contributed by atoms with E-state index in [2.05, 4.69) is 39.5 Å². The predicted octanol–water partition coefficient (Wildman–Crippen LogP) is 3.49. The summed E-state index contributed by atoms with van der Waals surface area (Å²) < 4.78 is 28.9. The number of fused-ring (bicyclic) bond motifs is 1. The van der Waals surface area contributed by atoms with Crippen LogP contribution in [0, 0.1) is 0 Å². The molecule has 168 valence electrons. The molecule has 0 bridgehead atoms. The molecular formula is C22H26N6O3S. The monoisotopic (exact) mass is 454 g/mol. The van der Waals surface area contributed by atoms with Gasteiger partial charge in [-0.3, -0.25) is 0 Å². The van der Waals surface area contributed by atoms with E-state index in [0.29, 0.717) is 30.7 Å². The van der Waals surface area contributed by atoms with Gasteiger partial charge in [0.2, 0.25) is 16.0 Å². The highest BCUT2D eigenvalue weighted by molar-refractivity contribution is 7.89. The smallest absolute Gasteiger partial charge is 0.238 e. The normalized spacial score (nSPS) is 13.0. The summed E-state index contributed by atoms with van der Waals surface area (Å²) in [5.41, 5.74) is 4.18. The number of rotatable bonds is 8. The standard InChI is InChI=1S/C22H26N6O3S/c1-3-11-28(2)17-9-7-15(8-10-17)25-22-26-20-14-31-13-19(20)21(27-22)24-16-5-4-6-18(12-16)32(23,29)30/h4-10,12H,3,11,13-14H2,1-2H3,(H2,23,29,30)(H2,24,25,26,27). The molecule has 10 heteroatoms. The van der Waals surface area contributed by atoms with Crippen LogP contribution < -0.4 is 20.7 Å². The zero-order valence-corrected chi connectivity index (χ0v) is 18.8. The van der Waals surface area contributed by atoms with Crippen LogP contribution in [0.5, 0.6) is 0 Å². The third-order valence-electron chi connectivity index (χ3n) is 5.13. The average molecular weight is 455 g/mol. The molecule has 4 rings (SSSR count). The van der Waals surface area contributed by atoms with Crippen molar-refractivity contribution < 1.29 is 13.2 Å². The first-order valence-corrected chi connectivity index (χ1v) is 11.8. The highest BCUT2D eigenvalue weighted by atomic mass is 32.2. The SMILES string of the molecule is CCCN(C)c1ccc(Nc2nc3c(c(Nc4cccc(S(N)(=O)=O)c4)n2)COC3)cc1. The van der Waals surface area contributed by atoms with Crippen molar-refractivity contribution in [1.29, 1.82) is 0 Å². The molecule has 0 spiro atoms.